The highest BCUT2D eigenvalue weighted by Crippen LogP contribution is 2.44. The molecule has 5 nitrogen and oxygen atoms in total. The topological polar surface area (TPSA) is 45.7 Å². The van der Waals surface area contributed by atoms with E-state index >= 15 is 0 Å². The van der Waals surface area contributed by atoms with Crippen molar-refractivity contribution in [1.82, 2.24) is 9.88 Å². The lowest BCUT2D eigenvalue weighted by molar-refractivity contribution is -0.0881. The monoisotopic (exact) mass is 421 g/mol. The zero-order chi connectivity index (χ0) is 13.9. The van der Waals surface area contributed by atoms with Crippen LogP contribution in [0.1, 0.15) is 12.8 Å². The van der Waals surface area contributed by atoms with E-state index in [9.17, 15) is 4.79 Å². The van der Waals surface area contributed by atoms with Crippen LogP contribution in [0.15, 0.2) is 8.39 Å². The van der Waals surface area contributed by atoms with Crippen molar-refractivity contribution in [2.75, 3.05) is 31.1 Å². The number of hydrogen-bond donors (Lipinski definition) is 0. The number of carbonyl (C=O) groups is 1. The number of nitrogens with zero attached hydrogens (tertiary/aromatic N) is 3. The number of amides is 1. The molecule has 1 aromatic heterocycles. The Labute approximate surface area is 137 Å². The Morgan fingerprint density at radius 3 is 2.60 bits per heavy atom. The second-order valence-corrected chi connectivity index (χ2v) is 8.68. The van der Waals surface area contributed by atoms with Gasteiger partial charge in [-0.15, -0.1) is 0 Å². The molecule has 108 valence electrons. The van der Waals surface area contributed by atoms with Crippen LogP contribution in [-0.2, 0) is 4.74 Å². The molecule has 5 heterocycles. The summed E-state index contributed by atoms with van der Waals surface area (Å²) in [5.41, 5.74) is -0.321. The first-order chi connectivity index (χ1) is 9.57. The molecule has 4 saturated heterocycles. The van der Waals surface area contributed by atoms with E-state index in [-0.39, 0.29) is 11.7 Å². The Hall–Kier alpha value is -0.180. The summed E-state index contributed by atoms with van der Waals surface area (Å²) in [7, 11) is 0. The fraction of sp³-hybridized carbons (Fsp3) is 0.667. The van der Waals surface area contributed by atoms with Gasteiger partial charge in [-0.25, -0.2) is 14.7 Å². The summed E-state index contributed by atoms with van der Waals surface area (Å²) < 4.78 is 7.46. The summed E-state index contributed by atoms with van der Waals surface area (Å²) >= 11 is 8.25. The van der Waals surface area contributed by atoms with E-state index in [1.165, 1.54) is 11.3 Å². The summed E-state index contributed by atoms with van der Waals surface area (Å²) in [4.78, 5) is 20.7. The van der Waals surface area contributed by atoms with Gasteiger partial charge in [0, 0.05) is 12.5 Å². The third-order valence-electron chi connectivity index (χ3n) is 4.53. The van der Waals surface area contributed by atoms with Crippen molar-refractivity contribution < 1.29 is 9.53 Å². The summed E-state index contributed by atoms with van der Waals surface area (Å²) in [6, 6.07) is 0. The van der Waals surface area contributed by atoms with Gasteiger partial charge in [-0.05, 0) is 57.8 Å². The van der Waals surface area contributed by atoms with Crippen molar-refractivity contribution >= 4 is 54.4 Å². The summed E-state index contributed by atoms with van der Waals surface area (Å²) in [6.45, 7) is 3.77. The number of fused-ring (bicyclic) bond motifs is 2. The maximum atomic E-state index is 12.3. The molecule has 0 N–H and O–H groups in total. The smallest absolute Gasteiger partial charge is 0.416 e. The second kappa shape index (κ2) is 4.66. The highest BCUT2D eigenvalue weighted by molar-refractivity contribution is 9.13. The molecule has 5 rings (SSSR count). The summed E-state index contributed by atoms with van der Waals surface area (Å²) in [6.07, 6.45) is 2.01. The third kappa shape index (κ3) is 1.95. The number of rotatable bonds is 1. The van der Waals surface area contributed by atoms with Crippen LogP contribution in [0.25, 0.3) is 0 Å². The molecule has 2 bridgehead atoms. The van der Waals surface area contributed by atoms with Gasteiger partial charge in [0.15, 0.2) is 5.13 Å². The quantitative estimate of drug-likeness (QED) is 0.697. The van der Waals surface area contributed by atoms with Gasteiger partial charge in [0.2, 0.25) is 0 Å². The first-order valence-electron chi connectivity index (χ1n) is 6.62. The van der Waals surface area contributed by atoms with Gasteiger partial charge in [-0.3, -0.25) is 4.90 Å². The second-order valence-electron chi connectivity index (χ2n) is 5.63. The van der Waals surface area contributed by atoms with Crippen molar-refractivity contribution in [1.29, 1.82) is 0 Å². The fourth-order valence-corrected chi connectivity index (χ4v) is 5.27. The van der Waals surface area contributed by atoms with Gasteiger partial charge < -0.3 is 4.74 Å². The SMILES string of the molecule is O=C1OC2(CN3CCC2CC3)CN1c1nc(Br)c(Br)s1. The largest absolute Gasteiger partial charge is 0.439 e. The van der Waals surface area contributed by atoms with Gasteiger partial charge >= 0.3 is 6.09 Å². The lowest BCUT2D eigenvalue weighted by Crippen LogP contribution is -2.61. The zero-order valence-corrected chi connectivity index (χ0v) is 14.6. The molecule has 1 amide bonds. The van der Waals surface area contributed by atoms with Crippen molar-refractivity contribution in [2.45, 2.75) is 18.4 Å². The Morgan fingerprint density at radius 2 is 2.05 bits per heavy atom. The third-order valence-corrected chi connectivity index (χ3v) is 7.62. The van der Waals surface area contributed by atoms with Crippen LogP contribution < -0.4 is 4.90 Å². The van der Waals surface area contributed by atoms with Gasteiger partial charge in [-0.2, -0.15) is 0 Å². The maximum absolute atomic E-state index is 12.3. The molecule has 1 atom stereocenters. The molecule has 8 heteroatoms. The minimum Gasteiger partial charge on any atom is -0.439 e. The summed E-state index contributed by atoms with van der Waals surface area (Å²) in [5, 5.41) is 0.696. The van der Waals surface area contributed by atoms with Crippen LogP contribution in [-0.4, -0.2) is 47.8 Å². The molecule has 0 radical (unpaired) electrons. The number of carbonyl (C=O) groups excluding carboxylic acids is 1. The number of halogens is 2. The zero-order valence-electron chi connectivity index (χ0n) is 10.6. The number of anilines is 1. The lowest BCUT2D eigenvalue weighted by Gasteiger charge is -2.49. The van der Waals surface area contributed by atoms with Crippen LogP contribution >= 0.6 is 43.2 Å². The van der Waals surface area contributed by atoms with E-state index in [2.05, 4.69) is 41.7 Å². The average Bonchev–Trinajstić information content (AvgIpc) is 2.92. The Balaban J connectivity index is 1.63. The van der Waals surface area contributed by atoms with E-state index in [0.717, 1.165) is 40.9 Å². The van der Waals surface area contributed by atoms with E-state index < -0.39 is 0 Å². The molecule has 4 aliphatic rings. The maximum Gasteiger partial charge on any atom is 0.416 e. The molecule has 0 aromatic carbocycles. The number of hydrogen-bond acceptors (Lipinski definition) is 5. The molecule has 4 fully saturated rings. The molecular weight excluding hydrogens is 410 g/mol. The normalized spacial score (nSPS) is 35.9. The van der Waals surface area contributed by atoms with Crippen molar-refractivity contribution in [3.63, 3.8) is 0 Å². The van der Waals surface area contributed by atoms with Crippen molar-refractivity contribution in [3.05, 3.63) is 8.39 Å². The van der Waals surface area contributed by atoms with Crippen LogP contribution in [0.5, 0.6) is 0 Å². The Morgan fingerprint density at radius 1 is 1.30 bits per heavy atom. The van der Waals surface area contributed by atoms with Crippen LogP contribution in [0.4, 0.5) is 9.93 Å². The van der Waals surface area contributed by atoms with Crippen molar-refractivity contribution in [2.24, 2.45) is 5.92 Å². The van der Waals surface area contributed by atoms with Crippen LogP contribution in [0.2, 0.25) is 0 Å². The molecule has 0 saturated carbocycles. The van der Waals surface area contributed by atoms with Gasteiger partial charge in [-0.1, -0.05) is 11.3 Å². The molecular formula is C12H13Br2N3O2S. The number of thiazole rings is 1. The Kier molecular flexibility index (Phi) is 3.14. The number of ether oxygens (including phenoxy) is 1. The first-order valence-corrected chi connectivity index (χ1v) is 9.02. The predicted octanol–water partition coefficient (Wildman–Crippen LogP) is 3.09. The molecule has 1 unspecified atom stereocenters. The average molecular weight is 423 g/mol. The van der Waals surface area contributed by atoms with Crippen LogP contribution in [0.3, 0.4) is 0 Å². The van der Waals surface area contributed by atoms with Crippen LogP contribution in [0, 0.1) is 5.92 Å². The molecule has 4 aliphatic heterocycles. The van der Waals surface area contributed by atoms with Gasteiger partial charge in [0.05, 0.1) is 6.54 Å². The highest BCUT2D eigenvalue weighted by atomic mass is 79.9. The fourth-order valence-electron chi connectivity index (χ4n) is 3.55. The van der Waals surface area contributed by atoms with Gasteiger partial charge in [0.25, 0.3) is 0 Å². The van der Waals surface area contributed by atoms with Crippen molar-refractivity contribution in [3.8, 4) is 0 Å². The molecule has 1 spiro atoms. The highest BCUT2D eigenvalue weighted by Gasteiger charge is 2.56. The first kappa shape index (κ1) is 13.5. The summed E-state index contributed by atoms with van der Waals surface area (Å²) in [5.74, 6) is 0.494. The van der Waals surface area contributed by atoms with E-state index in [1.54, 1.807) is 4.90 Å². The van der Waals surface area contributed by atoms with E-state index in [0.29, 0.717) is 17.6 Å². The molecule has 1 aromatic rings. The minimum absolute atomic E-state index is 0.257. The predicted molar refractivity (Wildman–Crippen MR) is 83.2 cm³/mol. The Bertz CT molecular complexity index is 554. The van der Waals surface area contributed by atoms with E-state index in [4.69, 9.17) is 4.74 Å². The van der Waals surface area contributed by atoms with E-state index in [1.807, 2.05) is 0 Å². The molecule has 0 aliphatic carbocycles. The number of piperidine rings is 3. The van der Waals surface area contributed by atoms with Gasteiger partial charge in [0.1, 0.15) is 14.0 Å². The molecule has 20 heavy (non-hydrogen) atoms. The number of aromatic nitrogens is 1. The standard InChI is InChI=1S/C12H13Br2N3O2S/c13-8-9(14)20-10(15-8)17-6-12(19-11(17)18)5-16-3-1-7(12)2-4-16/h7H,1-6H2. The minimum atomic E-state index is -0.321. The lowest BCUT2D eigenvalue weighted by atomic mass is 9.75.